The molecule has 0 aliphatic rings. The van der Waals surface area contributed by atoms with Gasteiger partial charge in [-0.05, 0) is 38.5 Å². The third-order valence-corrected chi connectivity index (χ3v) is 3.21. The predicted molar refractivity (Wildman–Crippen MR) is 86.9 cm³/mol. The van der Waals surface area contributed by atoms with Crippen LogP contribution in [0.15, 0.2) is 23.2 Å². The first-order valence-electron chi connectivity index (χ1n) is 7.31. The van der Waals surface area contributed by atoms with E-state index >= 15 is 0 Å². The van der Waals surface area contributed by atoms with E-state index in [1.807, 2.05) is 20.8 Å². The van der Waals surface area contributed by atoms with Crippen LogP contribution in [-0.2, 0) is 11.3 Å². The van der Waals surface area contributed by atoms with Crippen molar-refractivity contribution in [2.75, 3.05) is 27.3 Å². The number of methoxy groups -OCH3 is 2. The topological polar surface area (TPSA) is 54.9 Å². The monoisotopic (exact) mass is 311 g/mol. The maximum Gasteiger partial charge on any atom is 0.191 e. The highest BCUT2D eigenvalue weighted by Crippen LogP contribution is 2.18. The second-order valence-corrected chi connectivity index (χ2v) is 5.48. The molecule has 22 heavy (non-hydrogen) atoms. The van der Waals surface area contributed by atoms with E-state index in [1.54, 1.807) is 19.2 Å². The second kappa shape index (κ2) is 8.58. The molecule has 0 saturated carbocycles. The molecule has 2 N–H and O–H groups in total. The summed E-state index contributed by atoms with van der Waals surface area (Å²) in [4.78, 5) is 4.45. The van der Waals surface area contributed by atoms with E-state index in [-0.39, 0.29) is 17.2 Å². The molecule has 1 aromatic rings. The minimum atomic E-state index is -0.381. The molecular weight excluding hydrogens is 285 g/mol. The number of nitrogens with one attached hydrogen (secondary N) is 2. The van der Waals surface area contributed by atoms with Crippen LogP contribution in [0, 0.1) is 5.82 Å². The highest BCUT2D eigenvalue weighted by Gasteiger charge is 2.16. The number of guanidine groups is 1. The molecule has 0 fully saturated rings. The molecule has 0 heterocycles. The molecule has 0 amide bonds. The number of halogens is 1. The van der Waals surface area contributed by atoms with E-state index in [4.69, 9.17) is 9.47 Å². The number of aliphatic imine (C=N–C) groups is 1. The first-order chi connectivity index (χ1) is 10.4. The summed E-state index contributed by atoms with van der Waals surface area (Å²) in [5.74, 6) is 0.525. The average molecular weight is 311 g/mol. The number of hydrogen-bond acceptors (Lipinski definition) is 3. The molecule has 0 atom stereocenters. The van der Waals surface area contributed by atoms with Crippen molar-refractivity contribution in [2.24, 2.45) is 4.99 Å². The Hall–Kier alpha value is -1.82. The van der Waals surface area contributed by atoms with Crippen LogP contribution in [0.4, 0.5) is 4.39 Å². The van der Waals surface area contributed by atoms with Gasteiger partial charge in [0.25, 0.3) is 0 Å². The second-order valence-electron chi connectivity index (χ2n) is 5.48. The minimum Gasteiger partial charge on any atom is -0.494 e. The highest BCUT2D eigenvalue weighted by atomic mass is 19.1. The molecule has 5 nitrogen and oxygen atoms in total. The summed E-state index contributed by atoms with van der Waals surface area (Å²) < 4.78 is 23.9. The Labute approximate surface area is 131 Å². The average Bonchev–Trinajstić information content (AvgIpc) is 2.50. The van der Waals surface area contributed by atoms with Crippen molar-refractivity contribution in [2.45, 2.75) is 32.9 Å². The first-order valence-corrected chi connectivity index (χ1v) is 7.31. The zero-order valence-corrected chi connectivity index (χ0v) is 14.0. The van der Waals surface area contributed by atoms with Crippen LogP contribution >= 0.6 is 0 Å². The van der Waals surface area contributed by atoms with Gasteiger partial charge in [-0.15, -0.1) is 0 Å². The van der Waals surface area contributed by atoms with Crippen molar-refractivity contribution in [1.82, 2.24) is 10.6 Å². The smallest absolute Gasteiger partial charge is 0.191 e. The van der Waals surface area contributed by atoms with Crippen LogP contribution in [0.2, 0.25) is 0 Å². The van der Waals surface area contributed by atoms with E-state index in [0.29, 0.717) is 19.0 Å². The fraction of sp³-hybridized carbons (Fsp3) is 0.562. The molecule has 6 heteroatoms. The fourth-order valence-corrected chi connectivity index (χ4v) is 1.69. The lowest BCUT2D eigenvalue weighted by atomic mass is 10.1. The molecule has 124 valence electrons. The summed E-state index contributed by atoms with van der Waals surface area (Å²) in [6.45, 7) is 7.71. The van der Waals surface area contributed by atoms with Crippen LogP contribution in [0.5, 0.6) is 5.75 Å². The molecule has 0 aromatic heterocycles. The van der Waals surface area contributed by atoms with Crippen LogP contribution in [0.25, 0.3) is 0 Å². The quantitative estimate of drug-likeness (QED) is 0.599. The Morgan fingerprint density at radius 2 is 2.00 bits per heavy atom. The van der Waals surface area contributed by atoms with E-state index in [2.05, 4.69) is 15.6 Å². The van der Waals surface area contributed by atoms with E-state index in [9.17, 15) is 4.39 Å². The molecule has 0 spiro atoms. The van der Waals surface area contributed by atoms with Gasteiger partial charge < -0.3 is 20.1 Å². The van der Waals surface area contributed by atoms with Crippen molar-refractivity contribution in [1.29, 1.82) is 0 Å². The molecular formula is C16H26FN3O2. The van der Waals surface area contributed by atoms with Crippen molar-refractivity contribution in [3.05, 3.63) is 29.6 Å². The van der Waals surface area contributed by atoms with Crippen LogP contribution < -0.4 is 15.4 Å². The predicted octanol–water partition coefficient (Wildman–Crippen LogP) is 2.31. The lowest BCUT2D eigenvalue weighted by molar-refractivity contribution is 0.0268. The van der Waals surface area contributed by atoms with Gasteiger partial charge in [0, 0.05) is 20.2 Å². The van der Waals surface area contributed by atoms with E-state index < -0.39 is 0 Å². The summed E-state index contributed by atoms with van der Waals surface area (Å²) in [6.07, 6.45) is 0. The largest absolute Gasteiger partial charge is 0.494 e. The zero-order chi connectivity index (χ0) is 16.6. The van der Waals surface area contributed by atoms with Gasteiger partial charge in [-0.25, -0.2) is 9.38 Å². The van der Waals surface area contributed by atoms with Gasteiger partial charge in [0.2, 0.25) is 0 Å². The highest BCUT2D eigenvalue weighted by molar-refractivity contribution is 5.79. The Morgan fingerprint density at radius 3 is 2.55 bits per heavy atom. The summed E-state index contributed by atoms with van der Waals surface area (Å²) >= 11 is 0. The SMILES string of the molecule is CCNC(=NCc1ccc(OC)c(F)c1)NCC(C)(C)OC. The van der Waals surface area contributed by atoms with Gasteiger partial charge >= 0.3 is 0 Å². The summed E-state index contributed by atoms with van der Waals surface area (Å²) in [6, 6.07) is 4.84. The van der Waals surface area contributed by atoms with Crippen molar-refractivity contribution < 1.29 is 13.9 Å². The third kappa shape index (κ3) is 5.89. The maximum atomic E-state index is 13.7. The normalized spacial score (nSPS) is 12.2. The fourth-order valence-electron chi connectivity index (χ4n) is 1.69. The van der Waals surface area contributed by atoms with E-state index in [1.165, 1.54) is 13.2 Å². The third-order valence-electron chi connectivity index (χ3n) is 3.21. The molecule has 1 rings (SSSR count). The maximum absolute atomic E-state index is 13.7. The number of benzene rings is 1. The Bertz CT molecular complexity index is 504. The standard InChI is InChI=1S/C16H26FN3O2/c1-6-18-15(20-11-16(2,3)22-5)19-10-12-7-8-14(21-4)13(17)9-12/h7-9H,6,10-11H2,1-5H3,(H2,18,19,20). The van der Waals surface area contributed by atoms with Crippen molar-refractivity contribution in [3.8, 4) is 5.75 Å². The number of nitrogens with zero attached hydrogens (tertiary/aromatic N) is 1. The minimum absolute atomic E-state index is 0.236. The summed E-state index contributed by atoms with van der Waals surface area (Å²) in [7, 11) is 3.12. The molecule has 0 unspecified atom stereocenters. The summed E-state index contributed by atoms with van der Waals surface area (Å²) in [5.41, 5.74) is 0.490. The van der Waals surface area contributed by atoms with Gasteiger partial charge in [0.05, 0.1) is 19.3 Å². The van der Waals surface area contributed by atoms with Gasteiger partial charge in [-0.2, -0.15) is 0 Å². The van der Waals surface area contributed by atoms with Crippen LogP contribution in [0.3, 0.4) is 0 Å². The first kappa shape index (κ1) is 18.2. The molecule has 1 aromatic carbocycles. The van der Waals surface area contributed by atoms with E-state index in [0.717, 1.165) is 12.1 Å². The molecule has 0 saturated heterocycles. The van der Waals surface area contributed by atoms with Gasteiger partial charge in [0.15, 0.2) is 17.5 Å². The molecule has 0 radical (unpaired) electrons. The Morgan fingerprint density at radius 1 is 1.27 bits per heavy atom. The summed E-state index contributed by atoms with van der Waals surface area (Å²) in [5, 5.41) is 6.37. The van der Waals surface area contributed by atoms with Crippen molar-refractivity contribution >= 4 is 5.96 Å². The Kier molecular flexibility index (Phi) is 7.11. The number of ether oxygens (including phenoxy) is 2. The Balaban J connectivity index is 2.71. The lowest BCUT2D eigenvalue weighted by Crippen LogP contribution is -2.45. The number of rotatable bonds is 7. The van der Waals surface area contributed by atoms with Gasteiger partial charge in [-0.1, -0.05) is 6.07 Å². The van der Waals surface area contributed by atoms with Crippen LogP contribution in [0.1, 0.15) is 26.3 Å². The number of hydrogen-bond donors (Lipinski definition) is 2. The van der Waals surface area contributed by atoms with Crippen LogP contribution in [-0.4, -0.2) is 38.9 Å². The van der Waals surface area contributed by atoms with Crippen molar-refractivity contribution in [3.63, 3.8) is 0 Å². The molecule has 0 aliphatic carbocycles. The lowest BCUT2D eigenvalue weighted by Gasteiger charge is -2.24. The molecule has 0 aliphatic heterocycles. The van der Waals surface area contributed by atoms with Gasteiger partial charge in [0.1, 0.15) is 0 Å². The van der Waals surface area contributed by atoms with Gasteiger partial charge in [-0.3, -0.25) is 0 Å². The molecule has 0 bridgehead atoms. The zero-order valence-electron chi connectivity index (χ0n) is 14.0.